The first-order chi connectivity index (χ1) is 21.3. The molecule has 45 heavy (non-hydrogen) atoms. The van der Waals surface area contributed by atoms with Crippen LogP contribution in [0.5, 0.6) is 5.75 Å². The number of hydrogen-bond acceptors (Lipinski definition) is 9. The second kappa shape index (κ2) is 12.8. The van der Waals surface area contributed by atoms with E-state index in [2.05, 4.69) is 10.2 Å². The molecule has 1 aliphatic carbocycles. The number of benzene rings is 1. The summed E-state index contributed by atoms with van der Waals surface area (Å²) in [5.74, 6) is -0.237. The molecule has 0 unspecified atom stereocenters. The number of aromatic nitrogens is 5. The normalized spacial score (nSPS) is 15.2. The Hall–Kier alpha value is -3.97. The van der Waals surface area contributed by atoms with E-state index in [4.69, 9.17) is 9.47 Å². The molecule has 1 atom stereocenters. The zero-order valence-corrected chi connectivity index (χ0v) is 27.1. The monoisotopic (exact) mass is 639 g/mol. The van der Waals surface area contributed by atoms with Gasteiger partial charge in [-0.25, -0.2) is 13.8 Å². The van der Waals surface area contributed by atoms with Crippen LogP contribution >= 0.6 is 11.3 Å². The molecular formula is C32H38FN5O6S. The van der Waals surface area contributed by atoms with Crippen LogP contribution < -0.4 is 16.0 Å². The van der Waals surface area contributed by atoms with E-state index in [0.717, 1.165) is 4.57 Å². The van der Waals surface area contributed by atoms with Gasteiger partial charge in [-0.3, -0.25) is 19.0 Å². The van der Waals surface area contributed by atoms with Gasteiger partial charge in [-0.1, -0.05) is 25.2 Å². The molecule has 4 aromatic rings. The molecular weight excluding hydrogens is 601 g/mol. The van der Waals surface area contributed by atoms with Gasteiger partial charge >= 0.3 is 5.69 Å². The number of nitrogens with zero attached hydrogens (tertiary/aromatic N) is 5. The van der Waals surface area contributed by atoms with E-state index in [-0.39, 0.29) is 41.9 Å². The highest BCUT2D eigenvalue weighted by molar-refractivity contribution is 7.21. The Morgan fingerprint density at radius 3 is 2.42 bits per heavy atom. The van der Waals surface area contributed by atoms with Crippen LogP contribution in [0.25, 0.3) is 15.2 Å². The van der Waals surface area contributed by atoms with Crippen LogP contribution in [-0.2, 0) is 26.4 Å². The molecule has 13 heteroatoms. The first kappa shape index (κ1) is 32.4. The third kappa shape index (κ3) is 6.28. The van der Waals surface area contributed by atoms with E-state index < -0.39 is 28.7 Å². The van der Waals surface area contributed by atoms with E-state index in [9.17, 15) is 23.6 Å². The van der Waals surface area contributed by atoms with E-state index in [1.807, 2.05) is 13.8 Å². The van der Waals surface area contributed by atoms with Crippen molar-refractivity contribution < 1.29 is 23.5 Å². The van der Waals surface area contributed by atoms with Crippen molar-refractivity contribution >= 4 is 33.1 Å². The summed E-state index contributed by atoms with van der Waals surface area (Å²) in [5, 5.41) is 9.27. The van der Waals surface area contributed by atoms with Crippen molar-refractivity contribution in [2.24, 2.45) is 5.92 Å². The number of ketones is 2. The molecule has 1 aliphatic rings. The van der Waals surface area contributed by atoms with E-state index in [1.165, 1.54) is 58.4 Å². The molecule has 0 saturated heterocycles. The minimum atomic E-state index is -1.47. The van der Waals surface area contributed by atoms with Gasteiger partial charge in [0.25, 0.3) is 5.56 Å². The van der Waals surface area contributed by atoms with Gasteiger partial charge in [-0.05, 0) is 57.7 Å². The Kier molecular flexibility index (Phi) is 9.22. The van der Waals surface area contributed by atoms with Crippen LogP contribution in [0, 0.1) is 18.7 Å². The Balaban J connectivity index is 1.76. The Bertz CT molecular complexity index is 1850. The van der Waals surface area contributed by atoms with E-state index >= 15 is 0 Å². The van der Waals surface area contributed by atoms with Crippen molar-refractivity contribution in [3.05, 3.63) is 68.4 Å². The molecule has 1 saturated carbocycles. The summed E-state index contributed by atoms with van der Waals surface area (Å²) in [5.41, 5.74) is -1.82. The highest BCUT2D eigenvalue weighted by Crippen LogP contribution is 2.36. The van der Waals surface area contributed by atoms with Crippen molar-refractivity contribution in [2.45, 2.75) is 91.0 Å². The molecule has 0 radical (unpaired) electrons. The van der Waals surface area contributed by atoms with Gasteiger partial charge < -0.3 is 9.47 Å². The van der Waals surface area contributed by atoms with Crippen molar-refractivity contribution in [1.29, 1.82) is 0 Å². The number of carbonyl (C=O) groups excluding carboxylic acids is 2. The Labute approximate surface area is 263 Å². The number of methoxy groups -OCH3 is 1. The highest BCUT2D eigenvalue weighted by Gasteiger charge is 2.36. The number of thiophene rings is 1. The number of ether oxygens (including phenoxy) is 2. The van der Waals surface area contributed by atoms with Gasteiger partial charge in [0.15, 0.2) is 5.78 Å². The average molecular weight is 640 g/mol. The van der Waals surface area contributed by atoms with Gasteiger partial charge in [0.1, 0.15) is 38.8 Å². The van der Waals surface area contributed by atoms with E-state index in [1.54, 1.807) is 20.8 Å². The molecule has 3 heterocycles. The zero-order chi connectivity index (χ0) is 32.6. The molecule has 0 bridgehead atoms. The largest absolute Gasteiger partial charge is 0.496 e. The summed E-state index contributed by atoms with van der Waals surface area (Å²) >= 11 is 1.17. The molecule has 0 spiro atoms. The lowest BCUT2D eigenvalue weighted by Gasteiger charge is -2.30. The number of rotatable bonds is 11. The smallest absolute Gasteiger partial charge is 0.333 e. The molecule has 3 aromatic heterocycles. The van der Waals surface area contributed by atoms with Gasteiger partial charge in [0.2, 0.25) is 0 Å². The van der Waals surface area contributed by atoms with Crippen LogP contribution in [0.3, 0.4) is 0 Å². The number of hydrogen-bond donors (Lipinski definition) is 0. The number of Topliss-reactive ketones (excluding diaryl/α,β-unsaturated/α-hetero) is 2. The molecule has 240 valence electrons. The fourth-order valence-corrected chi connectivity index (χ4v) is 7.08. The highest BCUT2D eigenvalue weighted by atomic mass is 32.1. The maximum absolute atomic E-state index is 14.7. The first-order valence-electron chi connectivity index (χ1n) is 15.0. The number of aryl methyl sites for hydroxylation is 1. The maximum Gasteiger partial charge on any atom is 0.333 e. The van der Waals surface area contributed by atoms with Crippen LogP contribution in [0.15, 0.2) is 40.2 Å². The molecule has 5 rings (SSSR count). The van der Waals surface area contributed by atoms with E-state index in [0.29, 0.717) is 52.4 Å². The predicted octanol–water partition coefficient (Wildman–Crippen LogP) is 4.88. The summed E-state index contributed by atoms with van der Waals surface area (Å²) in [6, 6.07) is 4.08. The minimum absolute atomic E-state index is 0.0133. The quantitative estimate of drug-likeness (QED) is 0.227. The van der Waals surface area contributed by atoms with Crippen LogP contribution in [-0.4, -0.2) is 48.9 Å². The van der Waals surface area contributed by atoms with Gasteiger partial charge in [0, 0.05) is 30.4 Å². The SMILES string of the molecule is COc1ccc(F)cc1[C@H](Cn1c(=O)n(C(C)(C)C(=O)CC(C)C)c(=O)c2c(C)c(-n3nccn3)sc21)OC1CCC(=O)CC1. The third-order valence-electron chi connectivity index (χ3n) is 8.36. The Morgan fingerprint density at radius 2 is 1.80 bits per heavy atom. The predicted molar refractivity (Wildman–Crippen MR) is 168 cm³/mol. The van der Waals surface area contributed by atoms with Crippen molar-refractivity contribution in [1.82, 2.24) is 24.1 Å². The molecule has 0 amide bonds. The average Bonchev–Trinajstić information content (AvgIpc) is 3.63. The third-order valence-corrected chi connectivity index (χ3v) is 9.64. The standard InChI is InChI=1S/C32H38FN5O6S/c1-18(2)15-26(40)32(4,5)37-28(41)27-19(3)29(38-34-13-14-35-38)45-30(27)36(31(37)42)17-25(44-22-10-8-21(39)9-11-22)23-16-20(33)7-12-24(23)43-6/h7,12-14,16,18,22,25H,8-11,15,17H2,1-6H3/t25-/m0/s1. The summed E-state index contributed by atoms with van der Waals surface area (Å²) in [7, 11) is 1.46. The first-order valence-corrected chi connectivity index (χ1v) is 15.8. The van der Waals surface area contributed by atoms with Gasteiger partial charge in [0.05, 0.1) is 37.5 Å². The molecule has 1 fully saturated rings. The number of halogens is 1. The van der Waals surface area contributed by atoms with Crippen molar-refractivity contribution in [2.75, 3.05) is 7.11 Å². The van der Waals surface area contributed by atoms with Gasteiger partial charge in [-0.15, -0.1) is 4.80 Å². The van der Waals surface area contributed by atoms with Crippen LogP contribution in [0.2, 0.25) is 0 Å². The lowest BCUT2D eigenvalue weighted by molar-refractivity contribution is -0.127. The number of carbonyl (C=O) groups is 2. The van der Waals surface area contributed by atoms with Crippen LogP contribution in [0.4, 0.5) is 4.39 Å². The maximum atomic E-state index is 14.7. The topological polar surface area (TPSA) is 127 Å². The fourth-order valence-electron chi connectivity index (χ4n) is 5.86. The zero-order valence-electron chi connectivity index (χ0n) is 26.3. The number of fused-ring (bicyclic) bond motifs is 1. The lowest BCUT2D eigenvalue weighted by atomic mass is 9.91. The van der Waals surface area contributed by atoms with Crippen LogP contribution in [0.1, 0.15) is 77.0 Å². The minimum Gasteiger partial charge on any atom is -0.496 e. The molecule has 0 N–H and O–H groups in total. The van der Waals surface area contributed by atoms with Crippen molar-refractivity contribution in [3.8, 4) is 10.8 Å². The summed E-state index contributed by atoms with van der Waals surface area (Å²) in [4.78, 5) is 55.9. The molecule has 0 aliphatic heterocycles. The Morgan fingerprint density at radius 1 is 1.13 bits per heavy atom. The summed E-state index contributed by atoms with van der Waals surface area (Å²) < 4.78 is 29.3. The summed E-state index contributed by atoms with van der Waals surface area (Å²) in [6.45, 7) is 8.59. The second-order valence-electron chi connectivity index (χ2n) is 12.4. The summed E-state index contributed by atoms with van der Waals surface area (Å²) in [6.07, 6.45) is 3.68. The second-order valence-corrected chi connectivity index (χ2v) is 13.4. The lowest BCUT2D eigenvalue weighted by Crippen LogP contribution is -2.53. The van der Waals surface area contributed by atoms with Crippen molar-refractivity contribution in [3.63, 3.8) is 0 Å². The van der Waals surface area contributed by atoms with Gasteiger partial charge in [-0.2, -0.15) is 10.2 Å². The fraction of sp³-hybridized carbons (Fsp3) is 0.500. The molecule has 11 nitrogen and oxygen atoms in total. The molecule has 1 aromatic carbocycles.